The highest BCUT2D eigenvalue weighted by atomic mass is 79.9. The Balaban J connectivity index is 2.50. The van der Waals surface area contributed by atoms with Gasteiger partial charge < -0.3 is 9.88 Å². The van der Waals surface area contributed by atoms with Gasteiger partial charge in [-0.25, -0.2) is 5.48 Å². The van der Waals surface area contributed by atoms with Crippen LogP contribution in [0.25, 0.3) is 0 Å². The SMILES string of the molecule is Cc1cc(Br)ccc1Nc1cc(=O)n(C)cc1C(=O)NO. The topological polar surface area (TPSA) is 83.4 Å². The molecule has 0 fully saturated rings. The third kappa shape index (κ3) is 3.32. The Morgan fingerprint density at radius 3 is 2.62 bits per heavy atom. The number of aryl methyl sites for hydroxylation is 2. The van der Waals surface area contributed by atoms with Crippen LogP contribution in [0.4, 0.5) is 11.4 Å². The number of pyridine rings is 1. The summed E-state index contributed by atoms with van der Waals surface area (Å²) < 4.78 is 2.20. The molecule has 7 heteroatoms. The van der Waals surface area contributed by atoms with Crippen molar-refractivity contribution in [3.05, 3.63) is 56.4 Å². The van der Waals surface area contributed by atoms with E-state index in [0.29, 0.717) is 5.69 Å². The number of nitrogens with one attached hydrogen (secondary N) is 2. The zero-order chi connectivity index (χ0) is 15.6. The fourth-order valence-electron chi connectivity index (χ4n) is 1.89. The van der Waals surface area contributed by atoms with Gasteiger partial charge in [-0.3, -0.25) is 14.8 Å². The molecule has 0 aliphatic heterocycles. The number of hydrogen-bond donors (Lipinski definition) is 3. The molecule has 0 atom stereocenters. The predicted octanol–water partition coefficient (Wildman–Crippen LogP) is 2.32. The zero-order valence-corrected chi connectivity index (χ0v) is 13.1. The molecule has 2 aromatic rings. The highest BCUT2D eigenvalue weighted by Crippen LogP contribution is 2.25. The maximum absolute atomic E-state index is 11.8. The quantitative estimate of drug-likeness (QED) is 0.585. The normalized spacial score (nSPS) is 10.3. The van der Waals surface area contributed by atoms with Crippen LogP contribution in [0, 0.1) is 6.92 Å². The lowest BCUT2D eigenvalue weighted by Crippen LogP contribution is -2.24. The van der Waals surface area contributed by atoms with Gasteiger partial charge in [0.15, 0.2) is 0 Å². The third-order valence-electron chi connectivity index (χ3n) is 3.03. The summed E-state index contributed by atoms with van der Waals surface area (Å²) in [6, 6.07) is 6.90. The number of anilines is 2. The van der Waals surface area contributed by atoms with Gasteiger partial charge in [-0.05, 0) is 30.7 Å². The number of nitrogens with zero attached hydrogens (tertiary/aromatic N) is 1. The van der Waals surface area contributed by atoms with E-state index in [1.807, 2.05) is 25.1 Å². The number of aromatic nitrogens is 1. The van der Waals surface area contributed by atoms with Crippen molar-refractivity contribution >= 4 is 33.2 Å². The van der Waals surface area contributed by atoms with Crippen molar-refractivity contribution in [2.45, 2.75) is 6.92 Å². The number of hydroxylamine groups is 1. The number of halogens is 1. The highest BCUT2D eigenvalue weighted by Gasteiger charge is 2.14. The predicted molar refractivity (Wildman–Crippen MR) is 83.1 cm³/mol. The molecule has 110 valence electrons. The van der Waals surface area contributed by atoms with E-state index in [1.54, 1.807) is 5.48 Å². The minimum Gasteiger partial charge on any atom is -0.354 e. The molecule has 0 spiro atoms. The Hall–Kier alpha value is -2.12. The van der Waals surface area contributed by atoms with E-state index in [9.17, 15) is 9.59 Å². The standard InChI is InChI=1S/C14H14BrN3O3/c1-8-5-9(15)3-4-11(8)16-12-6-13(19)18(2)7-10(12)14(20)17-21/h3-7,16,21H,1-2H3,(H,17,20). The number of amides is 1. The second kappa shape index (κ2) is 6.11. The van der Waals surface area contributed by atoms with Crippen LogP contribution < -0.4 is 16.4 Å². The molecule has 1 heterocycles. The number of carbonyl (C=O) groups is 1. The van der Waals surface area contributed by atoms with Crippen LogP contribution in [-0.2, 0) is 7.05 Å². The second-order valence-electron chi connectivity index (χ2n) is 4.58. The van der Waals surface area contributed by atoms with Crippen molar-refractivity contribution in [2.24, 2.45) is 7.05 Å². The summed E-state index contributed by atoms with van der Waals surface area (Å²) in [7, 11) is 1.53. The molecule has 2 rings (SSSR count). The molecule has 0 bridgehead atoms. The average molecular weight is 352 g/mol. The molecule has 0 aliphatic carbocycles. The summed E-state index contributed by atoms with van der Waals surface area (Å²) in [6.45, 7) is 1.90. The number of benzene rings is 1. The van der Waals surface area contributed by atoms with Gasteiger partial charge in [-0.1, -0.05) is 15.9 Å². The van der Waals surface area contributed by atoms with E-state index in [1.165, 1.54) is 23.9 Å². The van der Waals surface area contributed by atoms with Crippen LogP contribution in [0.3, 0.4) is 0 Å². The smallest absolute Gasteiger partial charge is 0.278 e. The molecule has 0 radical (unpaired) electrons. The van der Waals surface area contributed by atoms with Gasteiger partial charge >= 0.3 is 0 Å². The lowest BCUT2D eigenvalue weighted by Gasteiger charge is -2.14. The Labute approximate surface area is 129 Å². The molecule has 6 nitrogen and oxygen atoms in total. The molecular weight excluding hydrogens is 338 g/mol. The monoisotopic (exact) mass is 351 g/mol. The van der Waals surface area contributed by atoms with Gasteiger partial charge in [-0.2, -0.15) is 0 Å². The fraction of sp³-hybridized carbons (Fsp3) is 0.143. The molecule has 1 aromatic carbocycles. The lowest BCUT2D eigenvalue weighted by atomic mass is 10.1. The van der Waals surface area contributed by atoms with Crippen LogP contribution >= 0.6 is 15.9 Å². The molecule has 0 unspecified atom stereocenters. The lowest BCUT2D eigenvalue weighted by molar-refractivity contribution is 0.0706. The third-order valence-corrected chi connectivity index (χ3v) is 3.53. The summed E-state index contributed by atoms with van der Waals surface area (Å²) in [5, 5.41) is 11.9. The highest BCUT2D eigenvalue weighted by molar-refractivity contribution is 9.10. The molecule has 3 N–H and O–H groups in total. The first-order valence-electron chi connectivity index (χ1n) is 6.10. The molecule has 0 aliphatic rings. The Kier molecular flexibility index (Phi) is 4.44. The van der Waals surface area contributed by atoms with Crippen molar-refractivity contribution in [3.8, 4) is 0 Å². The van der Waals surface area contributed by atoms with Crippen molar-refractivity contribution in [3.63, 3.8) is 0 Å². The van der Waals surface area contributed by atoms with Crippen molar-refractivity contribution < 1.29 is 10.0 Å². The number of rotatable bonds is 3. The van der Waals surface area contributed by atoms with Gasteiger partial charge in [0.1, 0.15) is 0 Å². The van der Waals surface area contributed by atoms with Gasteiger partial charge in [-0.15, -0.1) is 0 Å². The summed E-state index contributed by atoms with van der Waals surface area (Å²) in [4.78, 5) is 23.5. The first-order valence-corrected chi connectivity index (χ1v) is 6.90. The van der Waals surface area contributed by atoms with Crippen LogP contribution in [0.2, 0.25) is 0 Å². The zero-order valence-electron chi connectivity index (χ0n) is 11.5. The van der Waals surface area contributed by atoms with Crippen LogP contribution in [0.1, 0.15) is 15.9 Å². The summed E-state index contributed by atoms with van der Waals surface area (Å²) in [5.74, 6) is -0.692. The minimum absolute atomic E-state index is 0.168. The molecule has 1 aromatic heterocycles. The first-order chi connectivity index (χ1) is 9.92. The van der Waals surface area contributed by atoms with E-state index in [0.717, 1.165) is 15.7 Å². The van der Waals surface area contributed by atoms with E-state index < -0.39 is 5.91 Å². The Morgan fingerprint density at radius 1 is 1.29 bits per heavy atom. The maximum Gasteiger partial charge on any atom is 0.278 e. The number of carbonyl (C=O) groups excluding carboxylic acids is 1. The average Bonchev–Trinajstić information content (AvgIpc) is 2.44. The molecule has 0 saturated heterocycles. The fourth-order valence-corrected chi connectivity index (χ4v) is 2.36. The molecular formula is C14H14BrN3O3. The van der Waals surface area contributed by atoms with Crippen molar-refractivity contribution in [2.75, 3.05) is 5.32 Å². The van der Waals surface area contributed by atoms with Crippen LogP contribution in [0.5, 0.6) is 0 Å². The van der Waals surface area contributed by atoms with E-state index in [-0.39, 0.29) is 11.1 Å². The van der Waals surface area contributed by atoms with E-state index in [2.05, 4.69) is 21.2 Å². The Bertz CT molecular complexity index is 756. The molecule has 0 saturated carbocycles. The molecule has 1 amide bonds. The minimum atomic E-state index is -0.692. The molecule has 21 heavy (non-hydrogen) atoms. The Morgan fingerprint density at radius 2 is 2.00 bits per heavy atom. The maximum atomic E-state index is 11.8. The van der Waals surface area contributed by atoms with E-state index >= 15 is 0 Å². The van der Waals surface area contributed by atoms with Gasteiger partial charge in [0, 0.05) is 29.5 Å². The summed E-state index contributed by atoms with van der Waals surface area (Å²) in [6.07, 6.45) is 1.37. The summed E-state index contributed by atoms with van der Waals surface area (Å²) in [5.41, 5.74) is 3.52. The first kappa shape index (κ1) is 15.3. The summed E-state index contributed by atoms with van der Waals surface area (Å²) >= 11 is 3.37. The van der Waals surface area contributed by atoms with Crippen LogP contribution in [0.15, 0.2) is 39.7 Å². The van der Waals surface area contributed by atoms with Crippen molar-refractivity contribution in [1.29, 1.82) is 0 Å². The largest absolute Gasteiger partial charge is 0.354 e. The van der Waals surface area contributed by atoms with Crippen molar-refractivity contribution in [1.82, 2.24) is 10.0 Å². The van der Waals surface area contributed by atoms with Crippen LogP contribution in [-0.4, -0.2) is 15.7 Å². The second-order valence-corrected chi connectivity index (χ2v) is 5.49. The van der Waals surface area contributed by atoms with Gasteiger partial charge in [0.05, 0.1) is 11.3 Å². The van der Waals surface area contributed by atoms with E-state index in [4.69, 9.17) is 5.21 Å². The van der Waals surface area contributed by atoms with Gasteiger partial charge in [0.25, 0.3) is 11.5 Å². The van der Waals surface area contributed by atoms with Gasteiger partial charge in [0.2, 0.25) is 0 Å². The number of hydrogen-bond acceptors (Lipinski definition) is 4.